The van der Waals surface area contributed by atoms with Gasteiger partial charge in [0.05, 0.1) is 10.7 Å². The lowest BCUT2D eigenvalue weighted by Gasteiger charge is -2.14. The van der Waals surface area contributed by atoms with Crippen molar-refractivity contribution in [3.63, 3.8) is 0 Å². The van der Waals surface area contributed by atoms with Crippen LogP contribution >= 0.6 is 11.3 Å². The van der Waals surface area contributed by atoms with E-state index in [4.69, 9.17) is 0 Å². The summed E-state index contributed by atoms with van der Waals surface area (Å²) in [4.78, 5) is 4.37. The van der Waals surface area contributed by atoms with Gasteiger partial charge in [-0.2, -0.15) is 0 Å². The molecule has 2 nitrogen and oxygen atoms in total. The molecule has 2 aromatic rings. The topological polar surface area (TPSA) is 24.9 Å². The third-order valence-electron chi connectivity index (χ3n) is 2.94. The number of hydrogen-bond donors (Lipinski definition) is 1. The average molecular weight is 282 g/mol. The molecule has 0 radical (unpaired) electrons. The highest BCUT2D eigenvalue weighted by atomic mass is 32.1. The van der Waals surface area contributed by atoms with Crippen LogP contribution in [-0.4, -0.2) is 11.5 Å². The molecule has 1 N–H and O–H groups in total. The number of thiazole rings is 1. The Hall–Kier alpha value is -1.33. The van der Waals surface area contributed by atoms with E-state index in [1.807, 2.05) is 19.2 Å². The summed E-state index contributed by atoms with van der Waals surface area (Å²) in [6.07, 6.45) is 0.832. The molecule has 0 fully saturated rings. The first kappa shape index (κ1) is 14.1. The van der Waals surface area contributed by atoms with E-state index >= 15 is 0 Å². The van der Waals surface area contributed by atoms with Gasteiger partial charge in [0.1, 0.15) is 0 Å². The van der Waals surface area contributed by atoms with Crippen LogP contribution in [0, 0.1) is 18.6 Å². The number of aromatic nitrogens is 1. The fraction of sp³-hybridized carbons (Fsp3) is 0.357. The number of rotatable bonds is 5. The minimum Gasteiger partial charge on any atom is -0.310 e. The smallest absolute Gasteiger partial charge is 0.159 e. The molecule has 19 heavy (non-hydrogen) atoms. The lowest BCUT2D eigenvalue weighted by atomic mass is 10.1. The first-order chi connectivity index (χ1) is 9.06. The SMILES string of the molecule is Cc1nc(CCNC(C)c2ccc(F)c(F)c2)cs1. The van der Waals surface area contributed by atoms with Crippen LogP contribution < -0.4 is 5.32 Å². The summed E-state index contributed by atoms with van der Waals surface area (Å²) in [5.41, 5.74) is 1.81. The van der Waals surface area contributed by atoms with Crippen molar-refractivity contribution < 1.29 is 8.78 Å². The van der Waals surface area contributed by atoms with Gasteiger partial charge < -0.3 is 5.32 Å². The maximum atomic E-state index is 13.1. The number of aryl methyl sites for hydroxylation is 1. The molecule has 0 aliphatic carbocycles. The Balaban J connectivity index is 1.86. The van der Waals surface area contributed by atoms with E-state index in [2.05, 4.69) is 10.3 Å². The second-order valence-electron chi connectivity index (χ2n) is 4.46. The molecule has 1 atom stereocenters. The number of halogens is 2. The van der Waals surface area contributed by atoms with Gasteiger partial charge in [0.15, 0.2) is 11.6 Å². The predicted molar refractivity (Wildman–Crippen MR) is 73.3 cm³/mol. The molecule has 0 aliphatic heterocycles. The van der Waals surface area contributed by atoms with E-state index in [-0.39, 0.29) is 6.04 Å². The zero-order valence-corrected chi connectivity index (χ0v) is 11.7. The van der Waals surface area contributed by atoms with E-state index in [0.717, 1.165) is 35.3 Å². The van der Waals surface area contributed by atoms with Gasteiger partial charge >= 0.3 is 0 Å². The fourth-order valence-corrected chi connectivity index (χ4v) is 2.49. The highest BCUT2D eigenvalue weighted by molar-refractivity contribution is 7.09. The highest BCUT2D eigenvalue weighted by Crippen LogP contribution is 2.16. The van der Waals surface area contributed by atoms with Crippen LogP contribution in [0.2, 0.25) is 0 Å². The zero-order valence-electron chi connectivity index (χ0n) is 10.9. The van der Waals surface area contributed by atoms with Gasteiger partial charge in [-0.25, -0.2) is 13.8 Å². The summed E-state index contributed by atoms with van der Waals surface area (Å²) in [6.45, 7) is 4.66. The second-order valence-corrected chi connectivity index (χ2v) is 5.52. The Morgan fingerprint density at radius 2 is 2.11 bits per heavy atom. The fourth-order valence-electron chi connectivity index (χ4n) is 1.84. The van der Waals surface area contributed by atoms with E-state index in [1.54, 1.807) is 17.4 Å². The van der Waals surface area contributed by atoms with Gasteiger partial charge in [-0.1, -0.05) is 6.07 Å². The Bertz CT molecular complexity index is 554. The van der Waals surface area contributed by atoms with Gasteiger partial charge in [-0.3, -0.25) is 0 Å². The van der Waals surface area contributed by atoms with Gasteiger partial charge in [0.25, 0.3) is 0 Å². The molecular weight excluding hydrogens is 266 g/mol. The molecule has 5 heteroatoms. The number of hydrogen-bond acceptors (Lipinski definition) is 3. The van der Waals surface area contributed by atoms with Gasteiger partial charge in [0.2, 0.25) is 0 Å². The van der Waals surface area contributed by atoms with Crippen molar-refractivity contribution in [1.29, 1.82) is 0 Å². The molecule has 2 rings (SSSR count). The largest absolute Gasteiger partial charge is 0.310 e. The second kappa shape index (κ2) is 6.21. The number of nitrogens with zero attached hydrogens (tertiary/aromatic N) is 1. The standard InChI is InChI=1S/C14H16F2N2S/c1-9(11-3-4-13(15)14(16)7-11)17-6-5-12-8-19-10(2)18-12/h3-4,7-9,17H,5-6H2,1-2H3. The summed E-state index contributed by atoms with van der Waals surface area (Å²) in [5, 5.41) is 6.38. The van der Waals surface area contributed by atoms with E-state index in [1.165, 1.54) is 6.07 Å². The molecule has 0 bridgehead atoms. The van der Waals surface area contributed by atoms with Crippen molar-refractivity contribution in [2.45, 2.75) is 26.3 Å². The Kier molecular flexibility index (Phi) is 4.61. The molecule has 0 saturated carbocycles. The zero-order chi connectivity index (χ0) is 13.8. The molecule has 1 heterocycles. The van der Waals surface area contributed by atoms with Crippen molar-refractivity contribution in [3.05, 3.63) is 51.5 Å². The van der Waals surface area contributed by atoms with E-state index in [9.17, 15) is 8.78 Å². The molecule has 0 spiro atoms. The summed E-state index contributed by atoms with van der Waals surface area (Å²) in [6, 6.07) is 3.98. The summed E-state index contributed by atoms with van der Waals surface area (Å²) >= 11 is 1.63. The number of benzene rings is 1. The highest BCUT2D eigenvalue weighted by Gasteiger charge is 2.08. The maximum absolute atomic E-state index is 13.1. The lowest BCUT2D eigenvalue weighted by molar-refractivity contribution is 0.501. The molecule has 0 amide bonds. The molecule has 102 valence electrons. The lowest BCUT2D eigenvalue weighted by Crippen LogP contribution is -2.21. The van der Waals surface area contributed by atoms with Crippen LogP contribution in [-0.2, 0) is 6.42 Å². The van der Waals surface area contributed by atoms with Gasteiger partial charge in [0, 0.05) is 24.4 Å². The van der Waals surface area contributed by atoms with Crippen molar-refractivity contribution in [3.8, 4) is 0 Å². The summed E-state index contributed by atoms with van der Waals surface area (Å²) in [7, 11) is 0. The molecule has 1 aromatic heterocycles. The Morgan fingerprint density at radius 3 is 2.74 bits per heavy atom. The Labute approximate surface area is 115 Å². The normalized spacial score (nSPS) is 12.6. The minimum absolute atomic E-state index is 0.0187. The first-order valence-electron chi connectivity index (χ1n) is 6.15. The van der Waals surface area contributed by atoms with Crippen molar-refractivity contribution in [1.82, 2.24) is 10.3 Å². The third kappa shape index (κ3) is 3.81. The van der Waals surface area contributed by atoms with Gasteiger partial charge in [-0.05, 0) is 31.5 Å². The monoisotopic (exact) mass is 282 g/mol. The van der Waals surface area contributed by atoms with Crippen molar-refractivity contribution >= 4 is 11.3 Å². The molecule has 0 saturated heterocycles. The molecule has 1 aromatic carbocycles. The van der Waals surface area contributed by atoms with Crippen molar-refractivity contribution in [2.75, 3.05) is 6.54 Å². The minimum atomic E-state index is -0.811. The first-order valence-corrected chi connectivity index (χ1v) is 7.03. The predicted octanol–water partition coefficient (Wildman–Crippen LogP) is 3.62. The van der Waals surface area contributed by atoms with E-state index in [0.29, 0.717) is 0 Å². The third-order valence-corrected chi connectivity index (χ3v) is 3.76. The van der Waals surface area contributed by atoms with Crippen LogP contribution in [0.25, 0.3) is 0 Å². The molecule has 1 unspecified atom stereocenters. The number of nitrogens with one attached hydrogen (secondary N) is 1. The maximum Gasteiger partial charge on any atom is 0.159 e. The summed E-state index contributed by atoms with van der Waals surface area (Å²) in [5.74, 6) is -1.62. The van der Waals surface area contributed by atoms with Gasteiger partial charge in [-0.15, -0.1) is 11.3 Å². The van der Waals surface area contributed by atoms with E-state index < -0.39 is 11.6 Å². The quantitative estimate of drug-likeness (QED) is 0.906. The van der Waals surface area contributed by atoms with Crippen molar-refractivity contribution in [2.24, 2.45) is 0 Å². The van der Waals surface area contributed by atoms with Crippen LogP contribution in [0.5, 0.6) is 0 Å². The summed E-state index contributed by atoms with van der Waals surface area (Å²) < 4.78 is 26.0. The Morgan fingerprint density at radius 1 is 1.32 bits per heavy atom. The average Bonchev–Trinajstić information content (AvgIpc) is 2.78. The van der Waals surface area contributed by atoms with Crippen LogP contribution in [0.1, 0.15) is 29.2 Å². The van der Waals surface area contributed by atoms with Crippen LogP contribution in [0.4, 0.5) is 8.78 Å². The molecule has 0 aliphatic rings. The molecular formula is C14H16F2N2S. The van der Waals surface area contributed by atoms with Crippen LogP contribution in [0.15, 0.2) is 23.6 Å². The van der Waals surface area contributed by atoms with Crippen LogP contribution in [0.3, 0.4) is 0 Å².